The van der Waals surface area contributed by atoms with Gasteiger partial charge in [0.25, 0.3) is 0 Å². The second-order valence-electron chi connectivity index (χ2n) is 8.27. The van der Waals surface area contributed by atoms with Crippen LogP contribution in [0.2, 0.25) is 0 Å². The summed E-state index contributed by atoms with van der Waals surface area (Å²) in [4.78, 5) is 0. The van der Waals surface area contributed by atoms with Crippen molar-refractivity contribution in [2.75, 3.05) is 6.61 Å². The highest BCUT2D eigenvalue weighted by molar-refractivity contribution is 5.12. The van der Waals surface area contributed by atoms with Crippen molar-refractivity contribution in [3.8, 4) is 6.07 Å². The molecule has 0 spiro atoms. The maximum Gasteiger partial charge on any atom is 0.127 e. The van der Waals surface area contributed by atoms with Crippen LogP contribution in [0.3, 0.4) is 0 Å². The van der Waals surface area contributed by atoms with Gasteiger partial charge in [0, 0.05) is 6.04 Å². The van der Waals surface area contributed by atoms with Crippen LogP contribution in [-0.4, -0.2) is 24.3 Å². The first kappa shape index (κ1) is 14.4. The van der Waals surface area contributed by atoms with Gasteiger partial charge >= 0.3 is 0 Å². The Bertz CT molecular complexity index is 437. The van der Waals surface area contributed by atoms with Gasteiger partial charge in [0.1, 0.15) is 5.54 Å². The van der Waals surface area contributed by atoms with E-state index in [1.807, 2.05) is 6.92 Å². The Hall–Kier alpha value is -0.590. The Labute approximate surface area is 123 Å². The van der Waals surface area contributed by atoms with Crippen LogP contribution in [0.25, 0.3) is 0 Å². The van der Waals surface area contributed by atoms with E-state index in [1.54, 1.807) is 0 Å². The molecule has 4 atom stereocenters. The number of hydrogen-bond acceptors (Lipinski definition) is 3. The van der Waals surface area contributed by atoms with E-state index >= 15 is 0 Å². The predicted octanol–water partition coefficient (Wildman–Crippen LogP) is 3.25. The highest BCUT2D eigenvalue weighted by Crippen LogP contribution is 2.66. The smallest absolute Gasteiger partial charge is 0.127 e. The van der Waals surface area contributed by atoms with Crippen molar-refractivity contribution in [1.29, 1.82) is 5.26 Å². The predicted molar refractivity (Wildman–Crippen MR) is 79.1 cm³/mol. The number of ether oxygens (including phenoxy) is 1. The molecule has 3 fully saturated rings. The second-order valence-corrected chi connectivity index (χ2v) is 8.27. The van der Waals surface area contributed by atoms with Crippen LogP contribution in [0.1, 0.15) is 59.8 Å². The molecule has 0 aromatic rings. The summed E-state index contributed by atoms with van der Waals surface area (Å²) in [6.45, 7) is 9.69. The molecule has 4 unspecified atom stereocenters. The maximum absolute atomic E-state index is 9.44. The normalized spacial score (nSPS) is 41.4. The Morgan fingerprint density at radius 1 is 1.30 bits per heavy atom. The van der Waals surface area contributed by atoms with Crippen LogP contribution in [0.15, 0.2) is 0 Å². The fourth-order valence-corrected chi connectivity index (χ4v) is 4.43. The van der Waals surface area contributed by atoms with Crippen molar-refractivity contribution in [1.82, 2.24) is 5.32 Å². The molecular formula is C17H28N2O. The van der Waals surface area contributed by atoms with Crippen molar-refractivity contribution < 1.29 is 4.74 Å². The van der Waals surface area contributed by atoms with Gasteiger partial charge < -0.3 is 4.74 Å². The zero-order chi connectivity index (χ0) is 14.6. The molecular weight excluding hydrogens is 248 g/mol. The minimum absolute atomic E-state index is 0.285. The third kappa shape index (κ3) is 2.09. The molecule has 1 N–H and O–H groups in total. The number of nitriles is 1. The molecule has 3 rings (SSSR count). The lowest BCUT2D eigenvalue weighted by Gasteiger charge is -2.40. The van der Waals surface area contributed by atoms with E-state index in [0.717, 1.165) is 5.92 Å². The van der Waals surface area contributed by atoms with E-state index in [2.05, 4.69) is 32.2 Å². The van der Waals surface area contributed by atoms with Crippen molar-refractivity contribution in [2.45, 2.75) is 77.5 Å². The van der Waals surface area contributed by atoms with E-state index in [1.165, 1.54) is 32.1 Å². The minimum Gasteiger partial charge on any atom is -0.375 e. The zero-order valence-electron chi connectivity index (χ0n) is 13.3. The number of nitrogens with one attached hydrogen (secondary N) is 1. The van der Waals surface area contributed by atoms with Crippen LogP contribution in [0.4, 0.5) is 0 Å². The summed E-state index contributed by atoms with van der Waals surface area (Å²) in [5.74, 6) is 0.794. The molecule has 3 heteroatoms. The molecule has 0 aliphatic heterocycles. The number of nitrogens with zero attached hydrogens (tertiary/aromatic N) is 1. The quantitative estimate of drug-likeness (QED) is 0.838. The van der Waals surface area contributed by atoms with E-state index in [4.69, 9.17) is 4.74 Å². The van der Waals surface area contributed by atoms with Gasteiger partial charge in [-0.1, -0.05) is 20.8 Å². The summed E-state index contributed by atoms with van der Waals surface area (Å²) >= 11 is 0. The van der Waals surface area contributed by atoms with Crippen LogP contribution in [0.5, 0.6) is 0 Å². The van der Waals surface area contributed by atoms with Crippen LogP contribution < -0.4 is 5.32 Å². The molecule has 112 valence electrons. The van der Waals surface area contributed by atoms with Crippen LogP contribution >= 0.6 is 0 Å². The molecule has 0 radical (unpaired) electrons. The summed E-state index contributed by atoms with van der Waals surface area (Å²) < 4.78 is 6.28. The van der Waals surface area contributed by atoms with E-state index < -0.39 is 5.54 Å². The minimum atomic E-state index is -0.524. The molecule has 2 bridgehead atoms. The Morgan fingerprint density at radius 2 is 2.00 bits per heavy atom. The average Bonchev–Trinajstić information content (AvgIpc) is 3.14. The van der Waals surface area contributed by atoms with Gasteiger partial charge in [-0.3, -0.25) is 5.32 Å². The summed E-state index contributed by atoms with van der Waals surface area (Å²) in [6, 6.07) is 2.95. The van der Waals surface area contributed by atoms with Gasteiger partial charge in [-0.25, -0.2) is 0 Å². The van der Waals surface area contributed by atoms with Gasteiger partial charge in [0.2, 0.25) is 0 Å². The lowest BCUT2D eigenvalue weighted by molar-refractivity contribution is -0.0592. The molecule has 0 aromatic carbocycles. The summed E-state index contributed by atoms with van der Waals surface area (Å²) in [7, 11) is 0. The monoisotopic (exact) mass is 276 g/mol. The first-order valence-electron chi connectivity index (χ1n) is 8.11. The van der Waals surface area contributed by atoms with Gasteiger partial charge in [0.15, 0.2) is 0 Å². The summed E-state index contributed by atoms with van der Waals surface area (Å²) in [5, 5.41) is 12.9. The molecule has 3 nitrogen and oxygen atoms in total. The van der Waals surface area contributed by atoms with Crippen LogP contribution in [0, 0.1) is 28.1 Å². The van der Waals surface area contributed by atoms with Gasteiger partial charge in [0.05, 0.1) is 18.8 Å². The van der Waals surface area contributed by atoms with E-state index in [0.29, 0.717) is 24.2 Å². The summed E-state index contributed by atoms with van der Waals surface area (Å²) in [5.41, 5.74) is 0.141. The third-order valence-electron chi connectivity index (χ3n) is 6.63. The van der Waals surface area contributed by atoms with Gasteiger partial charge in [-0.15, -0.1) is 0 Å². The number of rotatable bonds is 5. The molecule has 0 amide bonds. The largest absolute Gasteiger partial charge is 0.375 e. The van der Waals surface area contributed by atoms with Crippen LogP contribution in [-0.2, 0) is 4.74 Å². The third-order valence-corrected chi connectivity index (χ3v) is 6.63. The van der Waals surface area contributed by atoms with Crippen molar-refractivity contribution in [3.63, 3.8) is 0 Å². The number of hydrogen-bond donors (Lipinski definition) is 1. The fourth-order valence-electron chi connectivity index (χ4n) is 4.43. The topological polar surface area (TPSA) is 45.0 Å². The van der Waals surface area contributed by atoms with Crippen molar-refractivity contribution in [2.24, 2.45) is 16.7 Å². The molecule has 3 aliphatic carbocycles. The maximum atomic E-state index is 9.44. The Kier molecular flexibility index (Phi) is 3.19. The van der Waals surface area contributed by atoms with E-state index in [9.17, 15) is 5.26 Å². The van der Waals surface area contributed by atoms with E-state index in [-0.39, 0.29) is 5.41 Å². The van der Waals surface area contributed by atoms with Gasteiger partial charge in [-0.05, 0) is 55.8 Å². The molecule has 3 aliphatic rings. The summed E-state index contributed by atoms with van der Waals surface area (Å²) in [6.07, 6.45) is 6.52. The molecule has 20 heavy (non-hydrogen) atoms. The average molecular weight is 276 g/mol. The molecule has 0 aromatic heterocycles. The standard InChI is InChI=1S/C17H28N2O/c1-15(2)12-7-8-17(15,4)14(9-12)20-11-16(3,10-18)19-13-5-6-13/h12-14,19H,5-9,11H2,1-4H3. The SMILES string of the molecule is CC(C#N)(COC1CC2CCC1(C)C2(C)C)NC1CC1. The number of fused-ring (bicyclic) bond motifs is 2. The Balaban J connectivity index is 1.63. The zero-order valence-corrected chi connectivity index (χ0v) is 13.3. The highest BCUT2D eigenvalue weighted by atomic mass is 16.5. The lowest BCUT2D eigenvalue weighted by Crippen LogP contribution is -2.48. The van der Waals surface area contributed by atoms with Gasteiger partial charge in [-0.2, -0.15) is 5.26 Å². The molecule has 0 saturated heterocycles. The first-order chi connectivity index (χ1) is 9.31. The molecule has 0 heterocycles. The van der Waals surface area contributed by atoms with Crippen molar-refractivity contribution >= 4 is 0 Å². The molecule has 3 saturated carbocycles. The second kappa shape index (κ2) is 4.45. The lowest BCUT2D eigenvalue weighted by atomic mass is 9.70. The Morgan fingerprint density at radius 3 is 2.45 bits per heavy atom. The first-order valence-corrected chi connectivity index (χ1v) is 8.11. The highest BCUT2D eigenvalue weighted by Gasteiger charge is 2.62. The fraction of sp³-hybridized carbons (Fsp3) is 0.941. The van der Waals surface area contributed by atoms with Crippen molar-refractivity contribution in [3.05, 3.63) is 0 Å².